The van der Waals surface area contributed by atoms with Crippen LogP contribution in [0.5, 0.6) is 0 Å². The van der Waals surface area contributed by atoms with Gasteiger partial charge in [0.25, 0.3) is 5.91 Å². The van der Waals surface area contributed by atoms with Crippen molar-refractivity contribution >= 4 is 17.5 Å². The van der Waals surface area contributed by atoms with Crippen LogP contribution in [0.25, 0.3) is 5.69 Å². The van der Waals surface area contributed by atoms with E-state index in [1.54, 1.807) is 19.1 Å². The lowest BCUT2D eigenvalue weighted by atomic mass is 10.2. The van der Waals surface area contributed by atoms with Crippen molar-refractivity contribution in [3.63, 3.8) is 0 Å². The minimum Gasteiger partial charge on any atom is -0.383 e. The van der Waals surface area contributed by atoms with Gasteiger partial charge in [0.1, 0.15) is 22.9 Å². The van der Waals surface area contributed by atoms with Crippen LogP contribution >= 0.6 is 0 Å². The van der Waals surface area contributed by atoms with Crippen molar-refractivity contribution in [1.82, 2.24) is 14.8 Å². The first-order chi connectivity index (χ1) is 12.7. The van der Waals surface area contributed by atoms with Crippen LogP contribution in [0.1, 0.15) is 21.5 Å². The number of nitrogens with two attached hydrogens (primary N) is 1. The number of anilines is 2. The summed E-state index contributed by atoms with van der Waals surface area (Å²) in [6.45, 7) is 1.57. The van der Waals surface area contributed by atoms with Crippen LogP contribution in [0.4, 0.5) is 29.2 Å². The van der Waals surface area contributed by atoms with Crippen LogP contribution < -0.4 is 11.1 Å². The first-order valence-electron chi connectivity index (χ1n) is 7.62. The molecule has 0 saturated heterocycles. The van der Waals surface area contributed by atoms with Crippen LogP contribution in [0, 0.1) is 12.7 Å². The van der Waals surface area contributed by atoms with E-state index in [0.29, 0.717) is 11.8 Å². The minimum atomic E-state index is -4.53. The summed E-state index contributed by atoms with van der Waals surface area (Å²) in [5.74, 6) is -1.49. The Labute approximate surface area is 150 Å². The van der Waals surface area contributed by atoms with Crippen molar-refractivity contribution in [1.29, 1.82) is 0 Å². The lowest BCUT2D eigenvalue weighted by Gasteiger charge is -2.09. The number of carbonyl (C=O) groups is 1. The fourth-order valence-electron chi connectivity index (χ4n) is 2.34. The van der Waals surface area contributed by atoms with Gasteiger partial charge in [0.05, 0.1) is 11.8 Å². The monoisotopic (exact) mass is 379 g/mol. The zero-order valence-electron chi connectivity index (χ0n) is 13.9. The molecule has 6 nitrogen and oxygen atoms in total. The van der Waals surface area contributed by atoms with E-state index in [0.717, 1.165) is 23.0 Å². The van der Waals surface area contributed by atoms with E-state index >= 15 is 0 Å². The van der Waals surface area contributed by atoms with Gasteiger partial charge in [0.2, 0.25) is 0 Å². The van der Waals surface area contributed by atoms with Crippen LogP contribution in [0.2, 0.25) is 0 Å². The number of nitrogens with one attached hydrogen (secondary N) is 1. The molecule has 2 aromatic heterocycles. The molecule has 1 amide bonds. The van der Waals surface area contributed by atoms with E-state index < -0.39 is 23.5 Å². The van der Waals surface area contributed by atoms with E-state index in [-0.39, 0.29) is 22.9 Å². The molecule has 0 aliphatic heterocycles. The fourth-order valence-corrected chi connectivity index (χ4v) is 2.34. The molecule has 0 aliphatic carbocycles. The number of nitrogens with zero attached hydrogens (tertiary/aromatic N) is 3. The lowest BCUT2D eigenvalue weighted by Crippen LogP contribution is -2.15. The molecule has 27 heavy (non-hydrogen) atoms. The highest BCUT2D eigenvalue weighted by molar-refractivity contribution is 6.06. The summed E-state index contributed by atoms with van der Waals surface area (Å²) in [6, 6.07) is 6.44. The third-order valence-corrected chi connectivity index (χ3v) is 3.78. The van der Waals surface area contributed by atoms with Crippen molar-refractivity contribution in [3.8, 4) is 5.69 Å². The Bertz CT molecular complexity index is 996. The number of hydrogen-bond donors (Lipinski definition) is 2. The van der Waals surface area contributed by atoms with E-state index in [1.807, 2.05) is 0 Å². The quantitative estimate of drug-likeness (QED) is 0.682. The third-order valence-electron chi connectivity index (χ3n) is 3.78. The molecule has 0 unspecified atom stereocenters. The Morgan fingerprint density at radius 3 is 2.56 bits per heavy atom. The number of nitrogen functional groups attached to an aromatic ring is 1. The molecular weight excluding hydrogens is 366 g/mol. The summed E-state index contributed by atoms with van der Waals surface area (Å²) in [4.78, 5) is 15.9. The Morgan fingerprint density at radius 1 is 1.19 bits per heavy atom. The zero-order chi connectivity index (χ0) is 19.8. The highest BCUT2D eigenvalue weighted by atomic mass is 19.4. The molecule has 3 rings (SSSR count). The fraction of sp³-hybridized carbons (Fsp3) is 0.118. The first kappa shape index (κ1) is 18.4. The van der Waals surface area contributed by atoms with E-state index in [9.17, 15) is 22.4 Å². The normalized spacial score (nSPS) is 11.4. The summed E-state index contributed by atoms with van der Waals surface area (Å²) >= 11 is 0. The minimum absolute atomic E-state index is 0.0687. The largest absolute Gasteiger partial charge is 0.417 e. The summed E-state index contributed by atoms with van der Waals surface area (Å²) in [5.41, 5.74) is 5.33. The average Bonchev–Trinajstić information content (AvgIpc) is 2.98. The molecule has 0 radical (unpaired) electrons. The molecule has 140 valence electrons. The number of halogens is 4. The molecule has 0 spiro atoms. The number of benzene rings is 1. The number of amides is 1. The molecule has 3 N–H and O–H groups in total. The third kappa shape index (κ3) is 3.59. The van der Waals surface area contributed by atoms with Gasteiger partial charge in [-0.25, -0.2) is 14.1 Å². The van der Waals surface area contributed by atoms with Crippen LogP contribution in [-0.2, 0) is 6.18 Å². The average molecular weight is 379 g/mol. The van der Waals surface area contributed by atoms with Crippen LogP contribution in [0.3, 0.4) is 0 Å². The number of aryl methyl sites for hydroxylation is 1. The zero-order valence-corrected chi connectivity index (χ0v) is 13.9. The summed E-state index contributed by atoms with van der Waals surface area (Å²) < 4.78 is 52.9. The maximum Gasteiger partial charge on any atom is 0.417 e. The second kappa shape index (κ2) is 6.71. The molecule has 0 atom stereocenters. The van der Waals surface area contributed by atoms with E-state index in [4.69, 9.17) is 5.73 Å². The molecular formula is C17H13F4N5O. The van der Waals surface area contributed by atoms with E-state index in [1.165, 1.54) is 6.07 Å². The topological polar surface area (TPSA) is 85.8 Å². The summed E-state index contributed by atoms with van der Waals surface area (Å²) in [5, 5.41) is 6.24. The maximum atomic E-state index is 14.2. The molecule has 0 fully saturated rings. The molecule has 0 saturated carbocycles. The molecule has 10 heteroatoms. The second-order valence-electron chi connectivity index (χ2n) is 5.65. The summed E-state index contributed by atoms with van der Waals surface area (Å²) in [6.07, 6.45) is -2.79. The number of rotatable bonds is 3. The van der Waals surface area contributed by atoms with Gasteiger partial charge in [0, 0.05) is 6.20 Å². The second-order valence-corrected chi connectivity index (χ2v) is 5.65. The predicted octanol–water partition coefficient (Wildman–Crippen LogP) is 3.57. The van der Waals surface area contributed by atoms with Gasteiger partial charge >= 0.3 is 6.18 Å². The van der Waals surface area contributed by atoms with Gasteiger partial charge in [-0.3, -0.25) is 4.79 Å². The Hall–Kier alpha value is -3.43. The SMILES string of the molecule is Cc1cccc(-n2ncc(C(=O)Nc3ccc(C(F)(F)F)cn3)c2N)c1F. The standard InChI is InChI=1S/C17H13F4N5O/c1-9-3-2-4-12(14(9)18)26-15(22)11(8-24-26)16(27)25-13-6-5-10(7-23-13)17(19,20)21/h2-8H,22H2,1H3,(H,23,25,27). The van der Waals surface area contributed by atoms with Crippen molar-refractivity contribution in [2.24, 2.45) is 0 Å². The number of aromatic nitrogens is 3. The van der Waals surface area contributed by atoms with Crippen molar-refractivity contribution in [2.45, 2.75) is 13.1 Å². The Morgan fingerprint density at radius 2 is 1.93 bits per heavy atom. The Kier molecular flexibility index (Phi) is 4.56. The van der Waals surface area contributed by atoms with Gasteiger partial charge in [-0.05, 0) is 30.7 Å². The molecule has 0 bridgehead atoms. The Balaban J connectivity index is 1.84. The van der Waals surface area contributed by atoms with Crippen molar-refractivity contribution < 1.29 is 22.4 Å². The highest BCUT2D eigenvalue weighted by Gasteiger charge is 2.30. The number of alkyl halides is 3. The number of carbonyl (C=O) groups excluding carboxylic acids is 1. The molecule has 0 aliphatic rings. The highest BCUT2D eigenvalue weighted by Crippen LogP contribution is 2.29. The molecule has 1 aromatic carbocycles. The van der Waals surface area contributed by atoms with Crippen LogP contribution in [0.15, 0.2) is 42.7 Å². The van der Waals surface area contributed by atoms with Gasteiger partial charge < -0.3 is 11.1 Å². The smallest absolute Gasteiger partial charge is 0.383 e. The predicted molar refractivity (Wildman–Crippen MR) is 89.9 cm³/mol. The molecule has 3 aromatic rings. The lowest BCUT2D eigenvalue weighted by molar-refractivity contribution is -0.137. The van der Waals surface area contributed by atoms with E-state index in [2.05, 4.69) is 15.4 Å². The van der Waals surface area contributed by atoms with Crippen molar-refractivity contribution in [2.75, 3.05) is 11.1 Å². The number of hydrogen-bond acceptors (Lipinski definition) is 4. The first-order valence-corrected chi connectivity index (χ1v) is 7.62. The van der Waals surface area contributed by atoms with Crippen LogP contribution in [-0.4, -0.2) is 20.7 Å². The van der Waals surface area contributed by atoms with Crippen molar-refractivity contribution in [3.05, 3.63) is 65.2 Å². The van der Waals surface area contributed by atoms with Gasteiger partial charge in [-0.15, -0.1) is 0 Å². The summed E-state index contributed by atoms with van der Waals surface area (Å²) in [7, 11) is 0. The molecule has 2 heterocycles. The van der Waals surface area contributed by atoms with Gasteiger partial charge in [0.15, 0.2) is 5.82 Å². The number of pyridine rings is 1. The maximum absolute atomic E-state index is 14.2. The van der Waals surface area contributed by atoms with Gasteiger partial charge in [-0.1, -0.05) is 12.1 Å². The van der Waals surface area contributed by atoms with Gasteiger partial charge in [-0.2, -0.15) is 18.3 Å².